The summed E-state index contributed by atoms with van der Waals surface area (Å²) in [4.78, 5) is 11.6. The molecule has 0 spiro atoms. The molecule has 0 saturated carbocycles. The highest BCUT2D eigenvalue weighted by Gasteiger charge is 2.40. The molecule has 1 fully saturated rings. The minimum atomic E-state index is -3.86. The highest BCUT2D eigenvalue weighted by molar-refractivity contribution is 7.89. The van der Waals surface area contributed by atoms with Crippen LogP contribution in [0.5, 0.6) is 0 Å². The average molecular weight is 297 g/mol. The van der Waals surface area contributed by atoms with Crippen molar-refractivity contribution < 1.29 is 18.3 Å². The maximum absolute atomic E-state index is 12.6. The minimum absolute atomic E-state index is 0.0837. The Balaban J connectivity index is 2.44. The molecule has 1 aliphatic rings. The SMILES string of the molecule is NC(=O)C1C(O)[CH]CCCN1S(=O)(=O)c1ccccc1. The predicted octanol–water partition coefficient (Wildman–Crippen LogP) is -0.110. The van der Waals surface area contributed by atoms with E-state index in [-0.39, 0.29) is 11.4 Å². The Morgan fingerprint density at radius 3 is 2.55 bits per heavy atom. The van der Waals surface area contributed by atoms with E-state index in [9.17, 15) is 18.3 Å². The Morgan fingerprint density at radius 1 is 1.30 bits per heavy atom. The van der Waals surface area contributed by atoms with Crippen molar-refractivity contribution in [3.63, 3.8) is 0 Å². The largest absolute Gasteiger partial charge is 0.391 e. The molecule has 2 unspecified atom stereocenters. The van der Waals surface area contributed by atoms with Crippen LogP contribution in [0.1, 0.15) is 12.8 Å². The zero-order valence-electron chi connectivity index (χ0n) is 10.8. The topological polar surface area (TPSA) is 101 Å². The van der Waals surface area contributed by atoms with Crippen LogP contribution in [0.3, 0.4) is 0 Å². The summed E-state index contributed by atoms with van der Waals surface area (Å²) in [7, 11) is -3.86. The highest BCUT2D eigenvalue weighted by atomic mass is 32.2. The maximum Gasteiger partial charge on any atom is 0.243 e. The summed E-state index contributed by atoms with van der Waals surface area (Å²) in [5, 5.41) is 9.94. The van der Waals surface area contributed by atoms with E-state index < -0.39 is 28.1 Å². The molecule has 1 aromatic rings. The number of carbonyl (C=O) groups excluding carboxylic acids is 1. The van der Waals surface area contributed by atoms with Gasteiger partial charge in [-0.05, 0) is 31.4 Å². The number of amides is 1. The van der Waals surface area contributed by atoms with Gasteiger partial charge in [-0.15, -0.1) is 0 Å². The number of hydrogen-bond acceptors (Lipinski definition) is 4. The standard InChI is InChI=1S/C13H17N2O4S/c14-13(17)12-11(16)8-4-5-9-15(12)20(18,19)10-6-2-1-3-7-10/h1-3,6-8,11-12,16H,4-5,9H2,(H2,14,17). The first kappa shape index (κ1) is 15.0. The number of primary amides is 1. The van der Waals surface area contributed by atoms with Crippen molar-refractivity contribution >= 4 is 15.9 Å². The van der Waals surface area contributed by atoms with Crippen molar-refractivity contribution in [3.05, 3.63) is 36.8 Å². The van der Waals surface area contributed by atoms with Crippen molar-refractivity contribution in [2.45, 2.75) is 29.9 Å². The molecule has 7 heteroatoms. The van der Waals surface area contributed by atoms with E-state index in [1.807, 2.05) is 0 Å². The van der Waals surface area contributed by atoms with Gasteiger partial charge in [0.2, 0.25) is 15.9 Å². The van der Waals surface area contributed by atoms with Crippen LogP contribution in [0.15, 0.2) is 35.2 Å². The molecule has 2 atom stereocenters. The third kappa shape index (κ3) is 2.84. The van der Waals surface area contributed by atoms with Gasteiger partial charge in [0.05, 0.1) is 11.0 Å². The van der Waals surface area contributed by atoms with Crippen LogP contribution >= 0.6 is 0 Å². The summed E-state index contributed by atoms with van der Waals surface area (Å²) in [5.74, 6) is -0.852. The van der Waals surface area contributed by atoms with Crippen LogP contribution in [0.4, 0.5) is 0 Å². The Kier molecular flexibility index (Phi) is 4.42. The lowest BCUT2D eigenvalue weighted by molar-refractivity contribution is -0.124. The molecule has 0 aliphatic carbocycles. The molecule has 1 saturated heterocycles. The fourth-order valence-corrected chi connectivity index (χ4v) is 3.95. The fraction of sp³-hybridized carbons (Fsp3) is 0.385. The highest BCUT2D eigenvalue weighted by Crippen LogP contribution is 2.24. The Bertz CT molecular complexity index is 573. The van der Waals surface area contributed by atoms with Crippen molar-refractivity contribution in [3.8, 4) is 0 Å². The van der Waals surface area contributed by atoms with Gasteiger partial charge in [0, 0.05) is 6.54 Å². The van der Waals surface area contributed by atoms with Gasteiger partial charge in [0.1, 0.15) is 6.04 Å². The number of aliphatic hydroxyl groups is 1. The van der Waals surface area contributed by atoms with Gasteiger partial charge in [-0.2, -0.15) is 4.31 Å². The number of aliphatic hydroxyl groups excluding tert-OH is 1. The Morgan fingerprint density at radius 2 is 1.95 bits per heavy atom. The summed E-state index contributed by atoms with van der Waals surface area (Å²) in [6.45, 7) is 0.151. The van der Waals surface area contributed by atoms with Gasteiger partial charge >= 0.3 is 0 Å². The number of benzene rings is 1. The van der Waals surface area contributed by atoms with Gasteiger partial charge in [0.25, 0.3) is 0 Å². The molecule has 1 radical (unpaired) electrons. The van der Waals surface area contributed by atoms with Gasteiger partial charge in [-0.1, -0.05) is 18.2 Å². The van der Waals surface area contributed by atoms with Gasteiger partial charge < -0.3 is 10.8 Å². The zero-order valence-corrected chi connectivity index (χ0v) is 11.7. The number of carbonyl (C=O) groups is 1. The summed E-state index contributed by atoms with van der Waals surface area (Å²) in [6, 6.07) is 6.56. The molecule has 0 aromatic heterocycles. The van der Waals surface area contributed by atoms with E-state index >= 15 is 0 Å². The summed E-state index contributed by atoms with van der Waals surface area (Å²) in [6.07, 6.45) is 1.41. The van der Waals surface area contributed by atoms with Crippen LogP contribution in [0, 0.1) is 6.42 Å². The Labute approximate surface area is 118 Å². The third-order valence-corrected chi connectivity index (χ3v) is 5.16. The van der Waals surface area contributed by atoms with E-state index in [0.29, 0.717) is 12.8 Å². The molecule has 3 N–H and O–H groups in total. The maximum atomic E-state index is 12.6. The van der Waals surface area contributed by atoms with E-state index in [1.54, 1.807) is 18.2 Å². The smallest absolute Gasteiger partial charge is 0.243 e. The first-order chi connectivity index (χ1) is 9.44. The molecule has 1 aliphatic heterocycles. The third-order valence-electron chi connectivity index (χ3n) is 3.27. The second kappa shape index (κ2) is 5.90. The van der Waals surface area contributed by atoms with Gasteiger partial charge in [0.15, 0.2) is 0 Å². The van der Waals surface area contributed by atoms with Crippen LogP contribution in [0.2, 0.25) is 0 Å². The number of nitrogens with two attached hydrogens (primary N) is 1. The quantitative estimate of drug-likeness (QED) is 0.813. The average Bonchev–Trinajstić information content (AvgIpc) is 2.62. The Hall–Kier alpha value is -1.44. The van der Waals surface area contributed by atoms with Crippen LogP contribution in [0.25, 0.3) is 0 Å². The molecule has 0 bridgehead atoms. The normalized spacial score (nSPS) is 25.1. The molecule has 1 amide bonds. The summed E-state index contributed by atoms with van der Waals surface area (Å²) >= 11 is 0. The minimum Gasteiger partial charge on any atom is -0.391 e. The number of sulfonamides is 1. The summed E-state index contributed by atoms with van der Waals surface area (Å²) in [5.41, 5.74) is 5.27. The van der Waals surface area contributed by atoms with Gasteiger partial charge in [-0.3, -0.25) is 4.79 Å². The van der Waals surface area contributed by atoms with E-state index in [1.165, 1.54) is 18.6 Å². The molecule has 1 heterocycles. The van der Waals surface area contributed by atoms with Crippen molar-refractivity contribution in [2.24, 2.45) is 5.73 Å². The second-order valence-electron chi connectivity index (χ2n) is 4.64. The molecule has 1 aromatic carbocycles. The molecular weight excluding hydrogens is 280 g/mol. The van der Waals surface area contributed by atoms with Gasteiger partial charge in [-0.25, -0.2) is 8.42 Å². The number of rotatable bonds is 3. The zero-order chi connectivity index (χ0) is 14.8. The van der Waals surface area contributed by atoms with E-state index in [0.717, 1.165) is 4.31 Å². The monoisotopic (exact) mass is 297 g/mol. The fourth-order valence-electron chi connectivity index (χ4n) is 2.28. The van der Waals surface area contributed by atoms with Crippen molar-refractivity contribution in [1.82, 2.24) is 4.31 Å². The first-order valence-electron chi connectivity index (χ1n) is 6.32. The molecular formula is C13H17N2O4S. The lowest BCUT2D eigenvalue weighted by Gasteiger charge is -2.29. The molecule has 109 valence electrons. The van der Waals surface area contributed by atoms with E-state index in [2.05, 4.69) is 0 Å². The predicted molar refractivity (Wildman–Crippen MR) is 72.9 cm³/mol. The molecule has 2 rings (SSSR count). The van der Waals surface area contributed by atoms with Crippen LogP contribution in [-0.2, 0) is 14.8 Å². The molecule has 20 heavy (non-hydrogen) atoms. The summed E-state index contributed by atoms with van der Waals surface area (Å²) < 4.78 is 26.2. The lowest BCUT2D eigenvalue weighted by atomic mass is 10.1. The lowest BCUT2D eigenvalue weighted by Crippen LogP contribution is -2.53. The van der Waals surface area contributed by atoms with Crippen molar-refractivity contribution in [1.29, 1.82) is 0 Å². The second-order valence-corrected chi connectivity index (χ2v) is 6.54. The van der Waals surface area contributed by atoms with Crippen LogP contribution < -0.4 is 5.73 Å². The van der Waals surface area contributed by atoms with E-state index in [4.69, 9.17) is 5.73 Å². The molecule has 6 nitrogen and oxygen atoms in total. The first-order valence-corrected chi connectivity index (χ1v) is 7.76. The van der Waals surface area contributed by atoms with Crippen LogP contribution in [-0.4, -0.2) is 42.4 Å². The number of nitrogens with zero attached hydrogens (tertiary/aromatic N) is 1. The number of hydrogen-bond donors (Lipinski definition) is 2. The van der Waals surface area contributed by atoms with Crippen molar-refractivity contribution in [2.75, 3.05) is 6.54 Å².